The van der Waals surface area contributed by atoms with Crippen molar-refractivity contribution in [3.05, 3.63) is 29.8 Å². The Hall–Kier alpha value is -1.01. The lowest BCUT2D eigenvalue weighted by Gasteiger charge is -2.11. The van der Waals surface area contributed by atoms with Crippen molar-refractivity contribution < 1.29 is 17.2 Å². The molecule has 0 aromatic heterocycles. The van der Waals surface area contributed by atoms with Gasteiger partial charge in [0, 0.05) is 6.54 Å². The molecule has 1 aromatic carbocycles. The third kappa shape index (κ3) is 3.05. The largest absolute Gasteiger partial charge is 0.240 e. The van der Waals surface area contributed by atoms with E-state index in [1.807, 2.05) is 0 Å². The van der Waals surface area contributed by atoms with Crippen LogP contribution in [0.4, 0.5) is 8.78 Å². The molecule has 1 aromatic rings. The molecular formula is C12H15F2NO2S. The normalized spacial score (nSPS) is 17.2. The van der Waals surface area contributed by atoms with Crippen LogP contribution in [0.1, 0.15) is 25.7 Å². The Morgan fingerprint density at radius 2 is 1.83 bits per heavy atom. The van der Waals surface area contributed by atoms with Gasteiger partial charge >= 0.3 is 0 Å². The second-order valence-electron chi connectivity index (χ2n) is 4.58. The van der Waals surface area contributed by atoms with Crippen molar-refractivity contribution in [3.63, 3.8) is 0 Å². The van der Waals surface area contributed by atoms with E-state index in [9.17, 15) is 17.2 Å². The van der Waals surface area contributed by atoms with Crippen LogP contribution in [0.5, 0.6) is 0 Å². The molecule has 18 heavy (non-hydrogen) atoms. The number of sulfonamides is 1. The minimum atomic E-state index is -3.74. The van der Waals surface area contributed by atoms with Gasteiger partial charge in [0.05, 0.1) is 4.90 Å². The molecule has 0 amide bonds. The minimum absolute atomic E-state index is 0.237. The van der Waals surface area contributed by atoms with Crippen molar-refractivity contribution in [2.24, 2.45) is 5.92 Å². The molecule has 0 spiro atoms. The summed E-state index contributed by atoms with van der Waals surface area (Å²) in [4.78, 5) is -0.237. The quantitative estimate of drug-likeness (QED) is 0.917. The Morgan fingerprint density at radius 3 is 2.44 bits per heavy atom. The first-order valence-electron chi connectivity index (χ1n) is 5.94. The van der Waals surface area contributed by atoms with Crippen molar-refractivity contribution >= 4 is 10.0 Å². The number of halogens is 2. The molecule has 1 aliphatic carbocycles. The molecule has 100 valence electrons. The van der Waals surface area contributed by atoms with Crippen LogP contribution in [0, 0.1) is 17.6 Å². The number of hydrogen-bond acceptors (Lipinski definition) is 2. The maximum Gasteiger partial charge on any atom is 0.240 e. The van der Waals surface area contributed by atoms with Crippen LogP contribution in [0.3, 0.4) is 0 Å². The van der Waals surface area contributed by atoms with E-state index in [-0.39, 0.29) is 4.90 Å². The lowest BCUT2D eigenvalue weighted by atomic mass is 10.1. The van der Waals surface area contributed by atoms with E-state index in [0.29, 0.717) is 18.5 Å². The van der Waals surface area contributed by atoms with E-state index in [0.717, 1.165) is 37.8 Å². The molecule has 0 saturated heterocycles. The molecular weight excluding hydrogens is 260 g/mol. The molecule has 1 N–H and O–H groups in total. The zero-order valence-electron chi connectivity index (χ0n) is 9.83. The smallest absolute Gasteiger partial charge is 0.211 e. The molecule has 0 unspecified atom stereocenters. The molecule has 0 atom stereocenters. The van der Waals surface area contributed by atoms with Crippen molar-refractivity contribution in [2.45, 2.75) is 30.6 Å². The Kier molecular flexibility index (Phi) is 3.97. The van der Waals surface area contributed by atoms with Gasteiger partial charge in [-0.2, -0.15) is 0 Å². The van der Waals surface area contributed by atoms with Crippen LogP contribution in [-0.4, -0.2) is 15.0 Å². The van der Waals surface area contributed by atoms with Gasteiger partial charge in [0.15, 0.2) is 11.6 Å². The average Bonchev–Trinajstić information content (AvgIpc) is 2.83. The van der Waals surface area contributed by atoms with E-state index >= 15 is 0 Å². The lowest BCUT2D eigenvalue weighted by molar-refractivity contribution is 0.501. The van der Waals surface area contributed by atoms with Crippen LogP contribution >= 0.6 is 0 Å². The maximum absolute atomic E-state index is 13.0. The molecule has 1 aliphatic rings. The highest BCUT2D eigenvalue weighted by molar-refractivity contribution is 7.89. The van der Waals surface area contributed by atoms with Crippen LogP contribution in [0.2, 0.25) is 0 Å². The van der Waals surface area contributed by atoms with Gasteiger partial charge in [-0.05, 0) is 37.0 Å². The standard InChI is InChI=1S/C12H15F2NO2S/c13-11-6-5-10(7-12(11)14)18(16,17)15-8-9-3-1-2-4-9/h5-7,9,15H,1-4,8H2. The summed E-state index contributed by atoms with van der Waals surface area (Å²) in [6.07, 6.45) is 4.27. The van der Waals surface area contributed by atoms with Crippen molar-refractivity contribution in [3.8, 4) is 0 Å². The predicted octanol–water partition coefficient (Wildman–Crippen LogP) is 2.43. The number of rotatable bonds is 4. The highest BCUT2D eigenvalue weighted by Gasteiger charge is 2.20. The molecule has 3 nitrogen and oxygen atoms in total. The first-order valence-corrected chi connectivity index (χ1v) is 7.42. The van der Waals surface area contributed by atoms with Crippen LogP contribution in [0.25, 0.3) is 0 Å². The summed E-state index contributed by atoms with van der Waals surface area (Å²) in [5, 5.41) is 0. The fourth-order valence-corrected chi connectivity index (χ4v) is 3.30. The van der Waals surface area contributed by atoms with E-state index < -0.39 is 21.7 Å². The highest BCUT2D eigenvalue weighted by atomic mass is 32.2. The van der Waals surface area contributed by atoms with Gasteiger partial charge in [-0.1, -0.05) is 12.8 Å². The van der Waals surface area contributed by atoms with Gasteiger partial charge in [0.1, 0.15) is 0 Å². The topological polar surface area (TPSA) is 46.2 Å². The molecule has 1 fully saturated rings. The molecule has 0 heterocycles. The van der Waals surface area contributed by atoms with Crippen LogP contribution in [0.15, 0.2) is 23.1 Å². The third-order valence-electron chi connectivity index (χ3n) is 3.24. The summed E-state index contributed by atoms with van der Waals surface area (Å²) in [6, 6.07) is 2.58. The molecule has 6 heteroatoms. The Balaban J connectivity index is 2.07. The Bertz CT molecular complexity index is 525. The second kappa shape index (κ2) is 5.32. The minimum Gasteiger partial charge on any atom is -0.211 e. The van der Waals surface area contributed by atoms with Gasteiger partial charge < -0.3 is 0 Å². The molecule has 0 radical (unpaired) electrons. The summed E-state index contributed by atoms with van der Waals surface area (Å²) in [5.41, 5.74) is 0. The number of hydrogen-bond donors (Lipinski definition) is 1. The fourth-order valence-electron chi connectivity index (χ4n) is 2.17. The zero-order valence-corrected chi connectivity index (χ0v) is 10.6. The van der Waals surface area contributed by atoms with Gasteiger partial charge in [0.25, 0.3) is 0 Å². The van der Waals surface area contributed by atoms with Crippen LogP contribution < -0.4 is 4.72 Å². The monoisotopic (exact) mass is 275 g/mol. The number of nitrogens with one attached hydrogen (secondary N) is 1. The van der Waals surface area contributed by atoms with E-state index in [4.69, 9.17) is 0 Å². The zero-order chi connectivity index (χ0) is 13.2. The number of benzene rings is 1. The first kappa shape index (κ1) is 13.4. The molecule has 1 saturated carbocycles. The summed E-state index contributed by atoms with van der Waals surface area (Å²) in [5.74, 6) is -1.85. The third-order valence-corrected chi connectivity index (χ3v) is 4.66. The van der Waals surface area contributed by atoms with Crippen molar-refractivity contribution in [1.82, 2.24) is 4.72 Å². The van der Waals surface area contributed by atoms with E-state index in [1.165, 1.54) is 0 Å². The summed E-state index contributed by atoms with van der Waals surface area (Å²) in [6.45, 7) is 0.362. The molecule has 0 bridgehead atoms. The van der Waals surface area contributed by atoms with Gasteiger partial charge in [0.2, 0.25) is 10.0 Å². The van der Waals surface area contributed by atoms with E-state index in [2.05, 4.69) is 4.72 Å². The van der Waals surface area contributed by atoms with Gasteiger partial charge in [-0.3, -0.25) is 0 Å². The van der Waals surface area contributed by atoms with Gasteiger partial charge in [-0.25, -0.2) is 21.9 Å². The van der Waals surface area contributed by atoms with E-state index in [1.54, 1.807) is 0 Å². The SMILES string of the molecule is O=S(=O)(NCC1CCCC1)c1ccc(F)c(F)c1. The second-order valence-corrected chi connectivity index (χ2v) is 6.35. The van der Waals surface area contributed by atoms with Crippen LogP contribution in [-0.2, 0) is 10.0 Å². The van der Waals surface area contributed by atoms with Gasteiger partial charge in [-0.15, -0.1) is 0 Å². The van der Waals surface area contributed by atoms with Crippen molar-refractivity contribution in [2.75, 3.05) is 6.54 Å². The summed E-state index contributed by atoms with van der Waals surface area (Å²) < 4.78 is 51.9. The summed E-state index contributed by atoms with van der Waals surface area (Å²) >= 11 is 0. The predicted molar refractivity (Wildman–Crippen MR) is 63.5 cm³/mol. The highest BCUT2D eigenvalue weighted by Crippen LogP contribution is 2.24. The fraction of sp³-hybridized carbons (Fsp3) is 0.500. The first-order chi connectivity index (χ1) is 8.49. The Labute approximate surface area is 105 Å². The lowest BCUT2D eigenvalue weighted by Crippen LogP contribution is -2.28. The molecule has 2 rings (SSSR count). The average molecular weight is 275 g/mol. The summed E-state index contributed by atoms with van der Waals surface area (Å²) in [7, 11) is -3.74. The Morgan fingerprint density at radius 1 is 1.17 bits per heavy atom. The maximum atomic E-state index is 13.0. The van der Waals surface area contributed by atoms with Crippen molar-refractivity contribution in [1.29, 1.82) is 0 Å². The molecule has 0 aliphatic heterocycles.